The minimum absolute atomic E-state index is 0.0806. The first-order valence-electron chi connectivity index (χ1n) is 14.8. The van der Waals surface area contributed by atoms with E-state index < -0.39 is 42.8 Å². The molecule has 2 saturated heterocycles. The van der Waals surface area contributed by atoms with Gasteiger partial charge in [0.05, 0.1) is 18.3 Å². The molecule has 3 amide bonds. The van der Waals surface area contributed by atoms with Crippen molar-refractivity contribution < 1.29 is 33.7 Å². The minimum atomic E-state index is -1.09. The fraction of sp³-hybridized carbons (Fsp3) is 0.312. The number of ether oxygens (including phenoxy) is 3. The number of anilines is 1. The Labute approximate surface area is 264 Å². The quantitative estimate of drug-likeness (QED) is 0.237. The summed E-state index contributed by atoms with van der Waals surface area (Å²) in [6.45, 7) is 2.39. The Morgan fingerprint density at radius 1 is 1.00 bits per heavy atom. The number of hydrogen-bond acceptors (Lipinski definition) is 9. The number of aromatic nitrogens is 4. The first-order valence-corrected chi connectivity index (χ1v) is 14.8. The van der Waals surface area contributed by atoms with Crippen LogP contribution in [0.5, 0.6) is 0 Å². The number of rotatable bonds is 10. The van der Waals surface area contributed by atoms with E-state index in [2.05, 4.69) is 25.6 Å². The normalized spacial score (nSPS) is 22.2. The van der Waals surface area contributed by atoms with Gasteiger partial charge < -0.3 is 29.5 Å². The number of urea groups is 1. The van der Waals surface area contributed by atoms with Gasteiger partial charge in [0.25, 0.3) is 0 Å². The molecule has 0 saturated carbocycles. The molecule has 14 heteroatoms. The SMILES string of the molecule is CCNC(=O)Nc1ncnc2c1ncn2C1OC(CN(C)C(=O)Cc2ccccc2C(=O)O)C2O[C@H](C=Cc3ccccc3)OC21. The van der Waals surface area contributed by atoms with Crippen molar-refractivity contribution >= 4 is 41.0 Å². The van der Waals surface area contributed by atoms with Crippen LogP contribution < -0.4 is 10.6 Å². The van der Waals surface area contributed by atoms with E-state index in [0.29, 0.717) is 23.3 Å². The molecule has 2 fully saturated rings. The lowest BCUT2D eigenvalue weighted by molar-refractivity contribution is -0.140. The van der Waals surface area contributed by atoms with Crippen LogP contribution >= 0.6 is 0 Å². The maximum absolute atomic E-state index is 13.3. The summed E-state index contributed by atoms with van der Waals surface area (Å²) in [5.41, 5.74) is 2.25. The molecule has 0 radical (unpaired) electrons. The van der Waals surface area contributed by atoms with Crippen LogP contribution in [0, 0.1) is 0 Å². The average Bonchev–Trinajstić information content (AvgIpc) is 3.76. The third kappa shape index (κ3) is 6.44. The van der Waals surface area contributed by atoms with Crippen LogP contribution in [0.4, 0.5) is 10.6 Å². The average molecular weight is 628 g/mol. The van der Waals surface area contributed by atoms with E-state index in [0.717, 1.165) is 5.56 Å². The molecule has 6 rings (SSSR count). The summed E-state index contributed by atoms with van der Waals surface area (Å²) in [4.78, 5) is 51.7. The predicted octanol–water partition coefficient (Wildman–Crippen LogP) is 3.09. The number of benzene rings is 2. The topological polar surface area (TPSA) is 170 Å². The lowest BCUT2D eigenvalue weighted by Gasteiger charge is -2.25. The van der Waals surface area contributed by atoms with Crippen LogP contribution in [0.3, 0.4) is 0 Å². The van der Waals surface area contributed by atoms with Crippen LogP contribution in [0.25, 0.3) is 17.2 Å². The third-order valence-corrected chi connectivity index (χ3v) is 7.78. The lowest BCUT2D eigenvalue weighted by atomic mass is 10.0. The number of carboxylic acid groups (broad SMARTS) is 1. The van der Waals surface area contributed by atoms with Crippen molar-refractivity contribution in [1.82, 2.24) is 29.7 Å². The highest BCUT2D eigenvalue weighted by Crippen LogP contribution is 2.41. The molecule has 5 atom stereocenters. The number of fused-ring (bicyclic) bond motifs is 2. The molecule has 2 aromatic carbocycles. The van der Waals surface area contributed by atoms with Crippen LogP contribution in [0.15, 0.2) is 73.3 Å². The molecule has 2 aliphatic rings. The molecule has 0 spiro atoms. The molecule has 2 aliphatic heterocycles. The van der Waals surface area contributed by atoms with Gasteiger partial charge in [-0.2, -0.15) is 0 Å². The first kappa shape index (κ1) is 30.8. The highest BCUT2D eigenvalue weighted by Gasteiger charge is 2.53. The summed E-state index contributed by atoms with van der Waals surface area (Å²) in [7, 11) is 1.64. The standard InChI is InChI=1S/C32H33N7O7/c1-3-33-32(43)37-28-25-29(35-17-34-28)39(18-36-25)30-27-26(45-24(46-27)14-13-19-9-5-4-6-10-19)22(44-30)16-38(2)23(40)15-20-11-7-8-12-21(20)31(41)42/h4-14,17-18,22,24,26-27,30H,3,15-16H2,1-2H3,(H,41,42)(H2,33,34,35,37,43)/t22?,24-,26?,27?,30?/m0/s1. The molecule has 4 unspecified atom stereocenters. The van der Waals surface area contributed by atoms with E-state index in [-0.39, 0.29) is 30.3 Å². The molecule has 4 aromatic rings. The van der Waals surface area contributed by atoms with Crippen molar-refractivity contribution in [1.29, 1.82) is 0 Å². The zero-order valence-electron chi connectivity index (χ0n) is 25.1. The van der Waals surface area contributed by atoms with Gasteiger partial charge in [-0.15, -0.1) is 0 Å². The van der Waals surface area contributed by atoms with Gasteiger partial charge in [0.15, 0.2) is 29.5 Å². The summed E-state index contributed by atoms with van der Waals surface area (Å²) in [6.07, 6.45) is 3.31. The van der Waals surface area contributed by atoms with Crippen molar-refractivity contribution in [3.8, 4) is 0 Å². The molecular formula is C32H33N7O7. The summed E-state index contributed by atoms with van der Waals surface area (Å²) in [5.74, 6) is -1.14. The van der Waals surface area contributed by atoms with Gasteiger partial charge in [-0.1, -0.05) is 54.6 Å². The zero-order chi connectivity index (χ0) is 32.2. The van der Waals surface area contributed by atoms with E-state index in [1.165, 1.54) is 17.3 Å². The molecule has 46 heavy (non-hydrogen) atoms. The molecule has 14 nitrogen and oxygen atoms in total. The predicted molar refractivity (Wildman–Crippen MR) is 166 cm³/mol. The third-order valence-electron chi connectivity index (χ3n) is 7.78. The maximum Gasteiger partial charge on any atom is 0.335 e. The number of carbonyl (C=O) groups excluding carboxylic acids is 2. The van der Waals surface area contributed by atoms with Gasteiger partial charge in [0.1, 0.15) is 24.6 Å². The van der Waals surface area contributed by atoms with E-state index >= 15 is 0 Å². The van der Waals surface area contributed by atoms with Gasteiger partial charge in [-0.25, -0.2) is 24.5 Å². The fourth-order valence-electron chi connectivity index (χ4n) is 5.57. The van der Waals surface area contributed by atoms with Crippen LogP contribution in [0.1, 0.15) is 34.6 Å². The highest BCUT2D eigenvalue weighted by molar-refractivity contribution is 5.95. The maximum atomic E-state index is 13.3. The highest BCUT2D eigenvalue weighted by atomic mass is 16.8. The van der Waals surface area contributed by atoms with Crippen molar-refractivity contribution in [3.05, 3.63) is 90.0 Å². The number of nitrogens with one attached hydrogen (secondary N) is 2. The second-order valence-corrected chi connectivity index (χ2v) is 10.8. The van der Waals surface area contributed by atoms with E-state index in [1.807, 2.05) is 42.5 Å². The van der Waals surface area contributed by atoms with E-state index in [4.69, 9.17) is 14.2 Å². The first-order chi connectivity index (χ1) is 22.3. The Balaban J connectivity index is 1.25. The summed E-state index contributed by atoms with van der Waals surface area (Å²) >= 11 is 0. The summed E-state index contributed by atoms with van der Waals surface area (Å²) in [5, 5.41) is 14.9. The number of hydrogen-bond donors (Lipinski definition) is 3. The monoisotopic (exact) mass is 627 g/mol. The second-order valence-electron chi connectivity index (χ2n) is 10.8. The van der Waals surface area contributed by atoms with E-state index in [9.17, 15) is 19.5 Å². The lowest BCUT2D eigenvalue weighted by Crippen LogP contribution is -2.41. The van der Waals surface area contributed by atoms with Gasteiger partial charge in [-0.3, -0.25) is 14.7 Å². The molecule has 3 N–H and O–H groups in total. The number of aromatic carboxylic acids is 1. The summed E-state index contributed by atoms with van der Waals surface area (Å²) < 4.78 is 20.9. The van der Waals surface area contributed by atoms with Crippen LogP contribution in [-0.2, 0) is 25.4 Å². The second kappa shape index (κ2) is 13.4. The minimum Gasteiger partial charge on any atom is -0.478 e. The van der Waals surface area contributed by atoms with Crippen LogP contribution in [-0.4, -0.2) is 92.2 Å². The smallest absolute Gasteiger partial charge is 0.335 e. The number of imidazole rings is 1. The van der Waals surface area contributed by atoms with Crippen molar-refractivity contribution in [2.75, 3.05) is 25.5 Å². The summed E-state index contributed by atoms with van der Waals surface area (Å²) in [6, 6.07) is 15.8. The number of likely N-dealkylation sites (N-methyl/N-ethyl adjacent to an activating group) is 1. The molecule has 238 valence electrons. The number of carbonyl (C=O) groups is 3. The Hall–Kier alpha value is -5.18. The van der Waals surface area contributed by atoms with Crippen LogP contribution in [0.2, 0.25) is 0 Å². The Morgan fingerprint density at radius 3 is 2.54 bits per heavy atom. The molecule has 4 heterocycles. The Bertz CT molecular complexity index is 1760. The van der Waals surface area contributed by atoms with Gasteiger partial charge in [-0.05, 0) is 30.2 Å². The molecule has 0 bridgehead atoms. The van der Waals surface area contributed by atoms with Gasteiger partial charge >= 0.3 is 12.0 Å². The molecule has 2 aromatic heterocycles. The number of amides is 3. The number of carboxylic acids is 1. The number of nitrogens with zero attached hydrogens (tertiary/aromatic N) is 5. The zero-order valence-corrected chi connectivity index (χ0v) is 25.1. The van der Waals surface area contributed by atoms with Crippen molar-refractivity contribution in [2.45, 2.75) is 44.2 Å². The molecule has 0 aliphatic carbocycles. The van der Waals surface area contributed by atoms with Crippen molar-refractivity contribution in [2.24, 2.45) is 0 Å². The Morgan fingerprint density at radius 2 is 1.76 bits per heavy atom. The molecular weight excluding hydrogens is 594 g/mol. The Kier molecular flexibility index (Phi) is 9.01. The fourth-order valence-corrected chi connectivity index (χ4v) is 5.57. The van der Waals surface area contributed by atoms with Gasteiger partial charge in [0.2, 0.25) is 5.91 Å². The largest absolute Gasteiger partial charge is 0.478 e. The van der Waals surface area contributed by atoms with Crippen molar-refractivity contribution in [3.63, 3.8) is 0 Å². The van der Waals surface area contributed by atoms with E-state index in [1.54, 1.807) is 43.1 Å². The van der Waals surface area contributed by atoms with Gasteiger partial charge in [0, 0.05) is 20.1 Å².